The van der Waals surface area contributed by atoms with Crippen molar-refractivity contribution in [3.8, 4) is 0 Å². The van der Waals surface area contributed by atoms with Gasteiger partial charge in [0.25, 0.3) is 0 Å². The average molecular weight is 291 g/mol. The minimum Gasteiger partial charge on any atom is -0.480 e. The highest BCUT2D eigenvalue weighted by molar-refractivity contribution is 5.82. The van der Waals surface area contributed by atoms with Gasteiger partial charge in [-0.15, -0.1) is 0 Å². The van der Waals surface area contributed by atoms with Crippen molar-refractivity contribution >= 4 is 12.0 Å². The summed E-state index contributed by atoms with van der Waals surface area (Å²) in [6.45, 7) is 1.74. The fourth-order valence-electron chi connectivity index (χ4n) is 2.40. The molecule has 1 aromatic carbocycles. The van der Waals surface area contributed by atoms with Crippen molar-refractivity contribution in [2.75, 3.05) is 13.1 Å². The van der Waals surface area contributed by atoms with Crippen LogP contribution in [0, 0.1) is 0 Å². The Kier molecular flexibility index (Phi) is 5.57. The van der Waals surface area contributed by atoms with Gasteiger partial charge in [-0.3, -0.25) is 0 Å². The number of carbonyl (C=O) groups is 2. The van der Waals surface area contributed by atoms with Gasteiger partial charge in [0.05, 0.1) is 0 Å². The molecule has 1 aliphatic rings. The molecule has 2 rings (SSSR count). The molecule has 1 aliphatic heterocycles. The Bertz CT molecular complexity index is 472. The van der Waals surface area contributed by atoms with Gasteiger partial charge in [-0.2, -0.15) is 0 Å². The van der Waals surface area contributed by atoms with Gasteiger partial charge >= 0.3 is 12.0 Å². The zero-order valence-corrected chi connectivity index (χ0v) is 11.8. The van der Waals surface area contributed by atoms with E-state index in [-0.39, 0.29) is 12.5 Å². The highest BCUT2D eigenvalue weighted by atomic mass is 16.4. The molecular formula is C15H21N3O3. The molecular weight excluding hydrogens is 270 g/mol. The Morgan fingerprint density at radius 2 is 1.90 bits per heavy atom. The van der Waals surface area contributed by atoms with Gasteiger partial charge in [-0.05, 0) is 31.5 Å². The second-order valence-electron chi connectivity index (χ2n) is 5.22. The molecule has 1 fully saturated rings. The molecule has 0 aromatic heterocycles. The predicted octanol–water partition coefficient (Wildman–Crippen LogP) is 0.734. The number of carbonyl (C=O) groups excluding carboxylic acids is 1. The smallest absolute Gasteiger partial charge is 0.326 e. The number of hydrogen-bond donors (Lipinski definition) is 4. The number of urea groups is 1. The summed E-state index contributed by atoms with van der Waals surface area (Å²) in [7, 11) is 0. The third-order valence-corrected chi connectivity index (χ3v) is 3.56. The van der Waals surface area contributed by atoms with Crippen molar-refractivity contribution in [3.63, 3.8) is 0 Å². The quantitative estimate of drug-likeness (QED) is 0.644. The third kappa shape index (κ3) is 5.07. The number of carboxylic acids is 1. The molecule has 0 spiro atoms. The standard InChI is InChI=1S/C15H21N3O3/c19-14(20)13(10-11-4-2-1-3-5-11)18-15(21)17-12-6-8-16-9-7-12/h1-5,12-13,16H,6-10H2,(H,19,20)(H2,17,18,21)/t13-/m1/s1. The van der Waals surface area contributed by atoms with Gasteiger partial charge in [0.2, 0.25) is 0 Å². The van der Waals surface area contributed by atoms with Crippen LogP contribution in [0.25, 0.3) is 0 Å². The molecule has 0 saturated carbocycles. The highest BCUT2D eigenvalue weighted by Crippen LogP contribution is 2.05. The van der Waals surface area contributed by atoms with Crippen molar-refractivity contribution in [1.82, 2.24) is 16.0 Å². The predicted molar refractivity (Wildman–Crippen MR) is 79.1 cm³/mol. The van der Waals surface area contributed by atoms with Crippen LogP contribution in [0.4, 0.5) is 4.79 Å². The summed E-state index contributed by atoms with van der Waals surface area (Å²) < 4.78 is 0. The summed E-state index contributed by atoms with van der Waals surface area (Å²) in [5.74, 6) is -1.03. The molecule has 6 heteroatoms. The minimum atomic E-state index is -1.03. The van der Waals surface area contributed by atoms with Gasteiger partial charge in [0.1, 0.15) is 6.04 Å². The molecule has 4 N–H and O–H groups in total. The number of piperidine rings is 1. The number of benzene rings is 1. The zero-order chi connectivity index (χ0) is 15.1. The van der Waals surface area contributed by atoms with Crippen molar-refractivity contribution in [2.45, 2.75) is 31.3 Å². The van der Waals surface area contributed by atoms with E-state index < -0.39 is 18.0 Å². The summed E-state index contributed by atoms with van der Waals surface area (Å²) in [5.41, 5.74) is 0.882. The maximum atomic E-state index is 11.9. The summed E-state index contributed by atoms with van der Waals surface area (Å²) >= 11 is 0. The lowest BCUT2D eigenvalue weighted by Gasteiger charge is -2.24. The molecule has 0 radical (unpaired) electrons. The zero-order valence-electron chi connectivity index (χ0n) is 11.8. The molecule has 1 saturated heterocycles. The molecule has 114 valence electrons. The summed E-state index contributed by atoms with van der Waals surface area (Å²) in [6, 6.07) is 8.05. The first kappa shape index (κ1) is 15.3. The van der Waals surface area contributed by atoms with Crippen LogP contribution in [-0.4, -0.2) is 42.3 Å². The van der Waals surface area contributed by atoms with E-state index in [0.717, 1.165) is 31.5 Å². The average Bonchev–Trinajstić information content (AvgIpc) is 2.48. The van der Waals surface area contributed by atoms with Gasteiger partial charge in [-0.25, -0.2) is 9.59 Å². The summed E-state index contributed by atoms with van der Waals surface area (Å²) in [5, 5.41) is 17.8. The van der Waals surface area contributed by atoms with E-state index in [4.69, 9.17) is 0 Å². The molecule has 21 heavy (non-hydrogen) atoms. The van der Waals surface area contributed by atoms with E-state index in [9.17, 15) is 14.7 Å². The van der Waals surface area contributed by atoms with E-state index >= 15 is 0 Å². The minimum absolute atomic E-state index is 0.109. The van der Waals surface area contributed by atoms with Crippen LogP contribution in [0.15, 0.2) is 30.3 Å². The maximum Gasteiger partial charge on any atom is 0.326 e. The first-order valence-electron chi connectivity index (χ1n) is 7.19. The Morgan fingerprint density at radius 3 is 2.52 bits per heavy atom. The Hall–Kier alpha value is -2.08. The Morgan fingerprint density at radius 1 is 1.24 bits per heavy atom. The molecule has 6 nitrogen and oxygen atoms in total. The fraction of sp³-hybridized carbons (Fsp3) is 0.467. The van der Waals surface area contributed by atoms with E-state index in [0.29, 0.717) is 0 Å². The van der Waals surface area contributed by atoms with Crippen LogP contribution >= 0.6 is 0 Å². The van der Waals surface area contributed by atoms with Crippen LogP contribution < -0.4 is 16.0 Å². The topological polar surface area (TPSA) is 90.5 Å². The van der Waals surface area contributed by atoms with Crippen LogP contribution in [0.3, 0.4) is 0 Å². The van der Waals surface area contributed by atoms with Crippen LogP contribution in [0.2, 0.25) is 0 Å². The van der Waals surface area contributed by atoms with E-state index in [1.807, 2.05) is 30.3 Å². The lowest BCUT2D eigenvalue weighted by atomic mass is 10.1. The first-order valence-corrected chi connectivity index (χ1v) is 7.19. The highest BCUT2D eigenvalue weighted by Gasteiger charge is 2.22. The number of nitrogens with one attached hydrogen (secondary N) is 3. The Labute approximate surface area is 123 Å². The van der Waals surface area contributed by atoms with Gasteiger partial charge < -0.3 is 21.1 Å². The van der Waals surface area contributed by atoms with Crippen molar-refractivity contribution in [3.05, 3.63) is 35.9 Å². The van der Waals surface area contributed by atoms with E-state index in [1.165, 1.54) is 0 Å². The molecule has 1 aromatic rings. The fourth-order valence-corrected chi connectivity index (χ4v) is 2.40. The maximum absolute atomic E-state index is 11.9. The first-order chi connectivity index (χ1) is 10.1. The van der Waals surface area contributed by atoms with Crippen molar-refractivity contribution in [1.29, 1.82) is 0 Å². The second-order valence-corrected chi connectivity index (χ2v) is 5.22. The van der Waals surface area contributed by atoms with Crippen LogP contribution in [0.1, 0.15) is 18.4 Å². The van der Waals surface area contributed by atoms with E-state index in [2.05, 4.69) is 16.0 Å². The van der Waals surface area contributed by atoms with Crippen molar-refractivity contribution in [2.24, 2.45) is 0 Å². The summed E-state index contributed by atoms with van der Waals surface area (Å²) in [4.78, 5) is 23.2. The van der Waals surface area contributed by atoms with Crippen LogP contribution in [0.5, 0.6) is 0 Å². The lowest BCUT2D eigenvalue weighted by molar-refractivity contribution is -0.139. The van der Waals surface area contributed by atoms with Gasteiger partial charge in [0, 0.05) is 12.5 Å². The number of carboxylic acid groups (broad SMARTS) is 1. The molecule has 0 aliphatic carbocycles. The number of aliphatic carboxylic acids is 1. The number of rotatable bonds is 5. The number of amides is 2. The third-order valence-electron chi connectivity index (χ3n) is 3.56. The molecule has 1 atom stereocenters. The molecule has 2 amide bonds. The lowest BCUT2D eigenvalue weighted by Crippen LogP contribution is -2.51. The molecule has 1 heterocycles. The molecule has 0 unspecified atom stereocenters. The largest absolute Gasteiger partial charge is 0.480 e. The molecule has 0 bridgehead atoms. The van der Waals surface area contributed by atoms with Gasteiger partial charge in [-0.1, -0.05) is 30.3 Å². The van der Waals surface area contributed by atoms with Crippen molar-refractivity contribution < 1.29 is 14.7 Å². The number of hydrogen-bond acceptors (Lipinski definition) is 3. The van der Waals surface area contributed by atoms with Gasteiger partial charge in [0.15, 0.2) is 0 Å². The summed E-state index contributed by atoms with van der Waals surface area (Å²) in [6.07, 6.45) is 2.00. The van der Waals surface area contributed by atoms with E-state index in [1.54, 1.807) is 0 Å². The monoisotopic (exact) mass is 291 g/mol. The SMILES string of the molecule is O=C(NC1CCNCC1)N[C@H](Cc1ccccc1)C(=O)O. The normalized spacial score (nSPS) is 17.0. The van der Waals surface area contributed by atoms with Crippen LogP contribution in [-0.2, 0) is 11.2 Å². The second kappa shape index (κ2) is 7.64. The Balaban J connectivity index is 1.86.